The van der Waals surface area contributed by atoms with Gasteiger partial charge in [0.15, 0.2) is 12.4 Å². The monoisotopic (exact) mass is 322 g/mol. The van der Waals surface area contributed by atoms with Crippen molar-refractivity contribution in [3.63, 3.8) is 0 Å². The van der Waals surface area contributed by atoms with Gasteiger partial charge in [-0.2, -0.15) is 0 Å². The van der Waals surface area contributed by atoms with E-state index in [-0.39, 0.29) is 12.4 Å². The van der Waals surface area contributed by atoms with Crippen LogP contribution in [0.3, 0.4) is 0 Å². The van der Waals surface area contributed by atoms with Gasteiger partial charge in [-0.15, -0.1) is 0 Å². The Balaban J connectivity index is 1.77. The van der Waals surface area contributed by atoms with Crippen LogP contribution in [0.15, 0.2) is 30.3 Å². The van der Waals surface area contributed by atoms with Gasteiger partial charge >= 0.3 is 5.97 Å². The van der Waals surface area contributed by atoms with E-state index in [1.165, 1.54) is 14.0 Å². The maximum Gasteiger partial charge on any atom is 0.303 e. The first-order valence-electron chi connectivity index (χ1n) is 7.31. The number of fused-ring (bicyclic) bond motifs is 1. The summed E-state index contributed by atoms with van der Waals surface area (Å²) in [7, 11) is 1.38. The van der Waals surface area contributed by atoms with Crippen molar-refractivity contribution in [1.82, 2.24) is 0 Å². The van der Waals surface area contributed by atoms with Crippen LogP contribution in [0.5, 0.6) is 0 Å². The predicted octanol–water partition coefficient (Wildman–Crippen LogP) is 0.973. The van der Waals surface area contributed by atoms with E-state index in [9.17, 15) is 9.59 Å². The van der Waals surface area contributed by atoms with Gasteiger partial charge in [0, 0.05) is 19.6 Å². The third-order valence-corrected chi connectivity index (χ3v) is 3.73. The summed E-state index contributed by atoms with van der Waals surface area (Å²) in [6.07, 6.45) is -4.24. The van der Waals surface area contributed by atoms with Crippen molar-refractivity contribution in [3.05, 3.63) is 35.9 Å². The lowest BCUT2D eigenvalue weighted by Gasteiger charge is -2.42. The standard InChI is InChI=1S/C16H18O7/c1-9(17)21-14-12(18)13-11(22-16(14)19-2)8-20-15(23-13)10-6-4-3-5-7-10/h3-7,11,13-16H,8H2,1-2H3/t11-,13+,14-,15?,16+/m1/s1. The summed E-state index contributed by atoms with van der Waals surface area (Å²) in [5, 5.41) is 0. The lowest BCUT2D eigenvalue weighted by Crippen LogP contribution is -2.60. The van der Waals surface area contributed by atoms with E-state index in [1.807, 2.05) is 30.3 Å². The second-order valence-corrected chi connectivity index (χ2v) is 5.34. The van der Waals surface area contributed by atoms with Crippen LogP contribution in [-0.2, 0) is 33.3 Å². The first-order chi connectivity index (χ1) is 11.1. The Labute approximate surface area is 133 Å². The molecule has 2 aliphatic heterocycles. The molecule has 2 saturated heterocycles. The lowest BCUT2D eigenvalue weighted by atomic mass is 9.99. The van der Waals surface area contributed by atoms with Crippen LogP contribution in [0.4, 0.5) is 0 Å². The Bertz CT molecular complexity index is 573. The van der Waals surface area contributed by atoms with Crippen molar-refractivity contribution in [2.45, 2.75) is 37.8 Å². The van der Waals surface area contributed by atoms with E-state index in [0.29, 0.717) is 0 Å². The molecule has 0 bridgehead atoms. The third kappa shape index (κ3) is 3.28. The quantitative estimate of drug-likeness (QED) is 0.767. The Morgan fingerprint density at radius 1 is 1.22 bits per heavy atom. The summed E-state index contributed by atoms with van der Waals surface area (Å²) in [4.78, 5) is 23.8. The van der Waals surface area contributed by atoms with Crippen molar-refractivity contribution in [2.75, 3.05) is 13.7 Å². The van der Waals surface area contributed by atoms with E-state index < -0.39 is 36.9 Å². The molecular formula is C16H18O7. The number of benzene rings is 1. The molecule has 0 amide bonds. The summed E-state index contributed by atoms with van der Waals surface area (Å²) in [6.45, 7) is 1.41. The Morgan fingerprint density at radius 2 is 1.96 bits per heavy atom. The predicted molar refractivity (Wildman–Crippen MR) is 76.2 cm³/mol. The number of hydrogen-bond acceptors (Lipinski definition) is 7. The van der Waals surface area contributed by atoms with E-state index in [0.717, 1.165) is 5.56 Å². The molecule has 0 spiro atoms. The molecule has 1 unspecified atom stereocenters. The summed E-state index contributed by atoms with van der Waals surface area (Å²) in [5.74, 6) is -0.966. The fraction of sp³-hybridized carbons (Fsp3) is 0.500. The molecule has 7 heteroatoms. The molecule has 2 fully saturated rings. The molecule has 0 saturated carbocycles. The van der Waals surface area contributed by atoms with Crippen LogP contribution < -0.4 is 0 Å². The van der Waals surface area contributed by atoms with Crippen LogP contribution >= 0.6 is 0 Å². The number of ether oxygens (including phenoxy) is 5. The van der Waals surface area contributed by atoms with Gasteiger partial charge in [0.05, 0.1) is 6.61 Å². The highest BCUT2D eigenvalue weighted by molar-refractivity contribution is 5.90. The third-order valence-electron chi connectivity index (χ3n) is 3.73. The summed E-state index contributed by atoms with van der Waals surface area (Å²) in [6, 6.07) is 9.29. The molecule has 2 heterocycles. The number of esters is 1. The molecule has 0 aliphatic carbocycles. The fourth-order valence-corrected chi connectivity index (χ4v) is 2.69. The number of carbonyl (C=O) groups is 2. The summed E-state index contributed by atoms with van der Waals surface area (Å²) < 4.78 is 27.2. The molecule has 1 aromatic rings. The molecule has 3 rings (SSSR count). The number of Topliss-reactive ketones (excluding diaryl/α,β-unsaturated/α-hetero) is 1. The van der Waals surface area contributed by atoms with Gasteiger partial charge in [0.25, 0.3) is 0 Å². The highest BCUT2D eigenvalue weighted by Gasteiger charge is 2.51. The van der Waals surface area contributed by atoms with E-state index in [1.54, 1.807) is 0 Å². The molecular weight excluding hydrogens is 304 g/mol. The van der Waals surface area contributed by atoms with Crippen LogP contribution in [-0.4, -0.2) is 50.1 Å². The molecule has 0 radical (unpaired) electrons. The molecule has 1 aromatic carbocycles. The van der Waals surface area contributed by atoms with Crippen LogP contribution in [0.1, 0.15) is 18.8 Å². The average Bonchev–Trinajstić information content (AvgIpc) is 2.57. The molecule has 0 N–H and O–H groups in total. The normalized spacial score (nSPS) is 33.8. The van der Waals surface area contributed by atoms with Gasteiger partial charge in [0.1, 0.15) is 6.10 Å². The Morgan fingerprint density at radius 3 is 2.61 bits per heavy atom. The van der Waals surface area contributed by atoms with Crippen LogP contribution in [0, 0.1) is 0 Å². The molecule has 2 aliphatic rings. The second kappa shape index (κ2) is 6.76. The number of rotatable bonds is 3. The SMILES string of the molecule is CO[C@H]1O[C@@H]2COC(c3ccccc3)O[C@@H]2C(=O)[C@H]1OC(C)=O. The average molecular weight is 322 g/mol. The van der Waals surface area contributed by atoms with E-state index in [2.05, 4.69) is 0 Å². The maximum atomic E-state index is 12.6. The van der Waals surface area contributed by atoms with Gasteiger partial charge in [-0.25, -0.2) is 0 Å². The Kier molecular flexibility index (Phi) is 4.72. The van der Waals surface area contributed by atoms with Gasteiger partial charge in [0.2, 0.25) is 18.2 Å². The van der Waals surface area contributed by atoms with E-state index in [4.69, 9.17) is 23.7 Å². The maximum absolute atomic E-state index is 12.6. The number of hydrogen-bond donors (Lipinski definition) is 0. The van der Waals surface area contributed by atoms with Crippen molar-refractivity contribution < 1.29 is 33.3 Å². The summed E-state index contributed by atoms with van der Waals surface area (Å²) in [5.41, 5.74) is 0.802. The zero-order valence-corrected chi connectivity index (χ0v) is 12.8. The minimum Gasteiger partial charge on any atom is -0.449 e. The molecule has 0 aromatic heterocycles. The van der Waals surface area contributed by atoms with Crippen molar-refractivity contribution in [1.29, 1.82) is 0 Å². The molecule has 5 atom stereocenters. The zero-order chi connectivity index (χ0) is 16.4. The lowest BCUT2D eigenvalue weighted by molar-refractivity contribution is -0.314. The van der Waals surface area contributed by atoms with E-state index >= 15 is 0 Å². The van der Waals surface area contributed by atoms with Crippen LogP contribution in [0.25, 0.3) is 0 Å². The highest BCUT2D eigenvalue weighted by atomic mass is 16.8. The minimum absolute atomic E-state index is 0.183. The van der Waals surface area contributed by atoms with Crippen molar-refractivity contribution in [2.24, 2.45) is 0 Å². The first-order valence-corrected chi connectivity index (χ1v) is 7.31. The van der Waals surface area contributed by atoms with Gasteiger partial charge < -0.3 is 23.7 Å². The minimum atomic E-state index is -1.15. The van der Waals surface area contributed by atoms with Gasteiger partial charge in [-0.3, -0.25) is 9.59 Å². The topological polar surface area (TPSA) is 80.3 Å². The molecule has 23 heavy (non-hydrogen) atoms. The fourth-order valence-electron chi connectivity index (χ4n) is 2.69. The Hall–Kier alpha value is -1.80. The van der Waals surface area contributed by atoms with Crippen LogP contribution in [0.2, 0.25) is 0 Å². The second-order valence-electron chi connectivity index (χ2n) is 5.34. The smallest absolute Gasteiger partial charge is 0.303 e. The molecule has 7 nitrogen and oxygen atoms in total. The zero-order valence-electron chi connectivity index (χ0n) is 12.8. The van der Waals surface area contributed by atoms with Crippen molar-refractivity contribution >= 4 is 11.8 Å². The first kappa shape index (κ1) is 16.1. The summed E-state index contributed by atoms with van der Waals surface area (Å²) >= 11 is 0. The number of carbonyl (C=O) groups excluding carboxylic acids is 2. The van der Waals surface area contributed by atoms with Gasteiger partial charge in [-0.1, -0.05) is 30.3 Å². The van der Waals surface area contributed by atoms with Crippen molar-refractivity contribution in [3.8, 4) is 0 Å². The highest BCUT2D eigenvalue weighted by Crippen LogP contribution is 2.33. The number of methoxy groups -OCH3 is 1. The largest absolute Gasteiger partial charge is 0.449 e. The number of ketones is 1. The molecule has 124 valence electrons. The van der Waals surface area contributed by atoms with Gasteiger partial charge in [-0.05, 0) is 0 Å².